The van der Waals surface area contributed by atoms with Gasteiger partial charge in [0, 0.05) is 5.56 Å². The minimum atomic E-state index is -0.187. The molecule has 0 aromatic heterocycles. The van der Waals surface area contributed by atoms with Crippen LogP contribution in [0.1, 0.15) is 40.5 Å². The zero-order valence-electron chi connectivity index (χ0n) is 15.8. The first-order valence-corrected chi connectivity index (χ1v) is 9.08. The standard InChI is InChI=1S/C18H13F.2C3H8/c19-18-13-16(14-7-3-1-4-8-14)11-12-17(18)15-9-5-2-6-10-15;2*1-3-2/h1-13H;2*3H2,1-2H3. The van der Waals surface area contributed by atoms with Gasteiger partial charge in [-0.05, 0) is 22.8 Å². The summed E-state index contributed by atoms with van der Waals surface area (Å²) in [5.41, 5.74) is 3.47. The lowest BCUT2D eigenvalue weighted by atomic mass is 10.00. The van der Waals surface area contributed by atoms with E-state index < -0.39 is 0 Å². The summed E-state index contributed by atoms with van der Waals surface area (Å²) in [4.78, 5) is 0. The Kier molecular flexibility index (Phi) is 9.92. The summed E-state index contributed by atoms with van der Waals surface area (Å²) in [6.07, 6.45) is 2.50. The van der Waals surface area contributed by atoms with Crippen LogP contribution in [0.15, 0.2) is 78.9 Å². The predicted molar refractivity (Wildman–Crippen MR) is 109 cm³/mol. The molecule has 0 atom stereocenters. The average molecular weight is 336 g/mol. The van der Waals surface area contributed by atoms with Gasteiger partial charge in [0.2, 0.25) is 0 Å². The van der Waals surface area contributed by atoms with E-state index in [-0.39, 0.29) is 5.82 Å². The zero-order valence-corrected chi connectivity index (χ0v) is 15.8. The van der Waals surface area contributed by atoms with Gasteiger partial charge in [0.1, 0.15) is 5.82 Å². The molecule has 0 nitrogen and oxygen atoms in total. The van der Waals surface area contributed by atoms with Crippen LogP contribution in [-0.2, 0) is 0 Å². The number of benzene rings is 3. The molecule has 0 saturated heterocycles. The number of hydrogen-bond donors (Lipinski definition) is 0. The predicted octanol–water partition coefficient (Wildman–Crippen LogP) is 7.99. The van der Waals surface area contributed by atoms with Crippen molar-refractivity contribution < 1.29 is 4.39 Å². The summed E-state index contributed by atoms with van der Waals surface area (Å²) in [5.74, 6) is -0.187. The Hall–Kier alpha value is -2.41. The van der Waals surface area contributed by atoms with Crippen LogP contribution in [0, 0.1) is 5.82 Å². The van der Waals surface area contributed by atoms with E-state index in [2.05, 4.69) is 27.7 Å². The first kappa shape index (κ1) is 20.6. The highest BCUT2D eigenvalue weighted by Crippen LogP contribution is 2.27. The normalized spacial score (nSPS) is 9.32. The van der Waals surface area contributed by atoms with E-state index in [0.717, 1.165) is 16.7 Å². The Bertz CT molecular complexity index is 701. The topological polar surface area (TPSA) is 0 Å². The smallest absolute Gasteiger partial charge is 0.131 e. The maximum absolute atomic E-state index is 14.2. The summed E-state index contributed by atoms with van der Waals surface area (Å²) in [6.45, 7) is 8.50. The van der Waals surface area contributed by atoms with Gasteiger partial charge in [0.25, 0.3) is 0 Å². The third-order valence-electron chi connectivity index (χ3n) is 3.16. The fourth-order valence-corrected chi connectivity index (χ4v) is 2.18. The van der Waals surface area contributed by atoms with Crippen LogP contribution >= 0.6 is 0 Å². The highest BCUT2D eigenvalue weighted by Gasteiger charge is 2.06. The molecule has 0 fully saturated rings. The largest absolute Gasteiger partial charge is 0.206 e. The second kappa shape index (κ2) is 12.0. The summed E-state index contributed by atoms with van der Waals surface area (Å²) >= 11 is 0. The molecule has 3 rings (SSSR count). The first-order chi connectivity index (χ1) is 12.2. The van der Waals surface area contributed by atoms with Gasteiger partial charge in [0.15, 0.2) is 0 Å². The second-order valence-electron chi connectivity index (χ2n) is 5.84. The molecule has 1 heteroatoms. The van der Waals surface area contributed by atoms with Gasteiger partial charge in [-0.2, -0.15) is 0 Å². The third-order valence-corrected chi connectivity index (χ3v) is 3.16. The second-order valence-corrected chi connectivity index (χ2v) is 5.84. The van der Waals surface area contributed by atoms with Crippen LogP contribution in [0.25, 0.3) is 22.3 Å². The molecule has 0 spiro atoms. The van der Waals surface area contributed by atoms with Crippen molar-refractivity contribution in [2.45, 2.75) is 40.5 Å². The Labute approximate surface area is 152 Å². The highest BCUT2D eigenvalue weighted by molar-refractivity contribution is 5.70. The molecule has 25 heavy (non-hydrogen) atoms. The van der Waals surface area contributed by atoms with Crippen LogP contribution in [0.2, 0.25) is 0 Å². The summed E-state index contributed by atoms with van der Waals surface area (Å²) in [6, 6.07) is 24.8. The quantitative estimate of drug-likeness (QED) is 0.445. The van der Waals surface area contributed by atoms with Crippen molar-refractivity contribution in [3.8, 4) is 22.3 Å². The summed E-state index contributed by atoms with van der Waals surface area (Å²) < 4.78 is 14.2. The Balaban J connectivity index is 0.000000460. The van der Waals surface area contributed by atoms with Crippen molar-refractivity contribution in [2.75, 3.05) is 0 Å². The SMILES string of the molecule is CCC.CCC.Fc1cc(-c2ccccc2)ccc1-c1ccccc1. The molecule has 0 aliphatic rings. The number of halogens is 1. The lowest BCUT2D eigenvalue weighted by Gasteiger charge is -2.06. The van der Waals surface area contributed by atoms with Gasteiger partial charge < -0.3 is 0 Å². The van der Waals surface area contributed by atoms with E-state index in [1.54, 1.807) is 6.07 Å². The minimum Gasteiger partial charge on any atom is -0.206 e. The fraction of sp³-hybridized carbons (Fsp3) is 0.250. The Morgan fingerprint density at radius 3 is 1.44 bits per heavy atom. The molecule has 3 aromatic carbocycles. The van der Waals surface area contributed by atoms with E-state index in [9.17, 15) is 4.39 Å². The van der Waals surface area contributed by atoms with Crippen molar-refractivity contribution >= 4 is 0 Å². The Morgan fingerprint density at radius 1 is 0.560 bits per heavy atom. The highest BCUT2D eigenvalue weighted by atomic mass is 19.1. The van der Waals surface area contributed by atoms with Crippen LogP contribution in [0.3, 0.4) is 0 Å². The van der Waals surface area contributed by atoms with E-state index >= 15 is 0 Å². The first-order valence-electron chi connectivity index (χ1n) is 9.08. The molecule has 0 amide bonds. The maximum Gasteiger partial charge on any atom is 0.131 e. The van der Waals surface area contributed by atoms with Crippen LogP contribution in [-0.4, -0.2) is 0 Å². The van der Waals surface area contributed by atoms with Crippen molar-refractivity contribution in [2.24, 2.45) is 0 Å². The fourth-order valence-electron chi connectivity index (χ4n) is 2.18. The van der Waals surface area contributed by atoms with Crippen LogP contribution < -0.4 is 0 Å². The lowest BCUT2D eigenvalue weighted by molar-refractivity contribution is 0.632. The molecule has 0 aliphatic carbocycles. The molecule has 0 unspecified atom stereocenters. The van der Waals surface area contributed by atoms with Gasteiger partial charge in [-0.1, -0.05) is 113 Å². The van der Waals surface area contributed by atoms with Crippen molar-refractivity contribution in [3.63, 3.8) is 0 Å². The van der Waals surface area contributed by atoms with E-state index in [1.165, 1.54) is 12.8 Å². The molecular formula is C24H29F. The van der Waals surface area contributed by atoms with Gasteiger partial charge in [-0.3, -0.25) is 0 Å². The van der Waals surface area contributed by atoms with E-state index in [0.29, 0.717) is 5.56 Å². The van der Waals surface area contributed by atoms with Crippen LogP contribution in [0.4, 0.5) is 4.39 Å². The van der Waals surface area contributed by atoms with Crippen molar-refractivity contribution in [1.29, 1.82) is 0 Å². The molecule has 0 heterocycles. The minimum absolute atomic E-state index is 0.187. The van der Waals surface area contributed by atoms with Crippen LogP contribution in [0.5, 0.6) is 0 Å². The molecule has 0 aliphatic heterocycles. The summed E-state index contributed by atoms with van der Waals surface area (Å²) in [5, 5.41) is 0. The van der Waals surface area contributed by atoms with Crippen molar-refractivity contribution in [3.05, 3.63) is 84.7 Å². The van der Waals surface area contributed by atoms with Gasteiger partial charge >= 0.3 is 0 Å². The average Bonchev–Trinajstić information content (AvgIpc) is 2.64. The Morgan fingerprint density at radius 2 is 1.00 bits per heavy atom. The van der Waals surface area contributed by atoms with Gasteiger partial charge in [-0.25, -0.2) is 4.39 Å². The molecule has 0 saturated carbocycles. The monoisotopic (exact) mass is 336 g/mol. The van der Waals surface area contributed by atoms with Crippen molar-refractivity contribution in [1.82, 2.24) is 0 Å². The zero-order chi connectivity index (χ0) is 18.5. The lowest BCUT2D eigenvalue weighted by Crippen LogP contribution is -1.86. The number of rotatable bonds is 2. The molecule has 3 aromatic rings. The molecular weight excluding hydrogens is 307 g/mol. The molecule has 0 radical (unpaired) electrons. The third kappa shape index (κ3) is 6.93. The molecule has 0 N–H and O–H groups in total. The number of hydrogen-bond acceptors (Lipinski definition) is 0. The maximum atomic E-state index is 14.2. The van der Waals surface area contributed by atoms with E-state index in [1.807, 2.05) is 72.8 Å². The summed E-state index contributed by atoms with van der Waals surface area (Å²) in [7, 11) is 0. The van der Waals surface area contributed by atoms with E-state index in [4.69, 9.17) is 0 Å². The van der Waals surface area contributed by atoms with Gasteiger partial charge in [-0.15, -0.1) is 0 Å². The molecule has 132 valence electrons. The molecule has 0 bridgehead atoms. The van der Waals surface area contributed by atoms with Gasteiger partial charge in [0.05, 0.1) is 0 Å².